The molecular weight excluding hydrogens is 455 g/mol. The third-order valence-electron chi connectivity index (χ3n) is 5.39. The van der Waals surface area contributed by atoms with Crippen LogP contribution < -0.4 is 10.6 Å². The van der Waals surface area contributed by atoms with Crippen LogP contribution in [-0.4, -0.2) is 34.8 Å². The fourth-order valence-electron chi connectivity index (χ4n) is 3.63. The van der Waals surface area contributed by atoms with E-state index in [9.17, 15) is 14.0 Å². The van der Waals surface area contributed by atoms with Crippen LogP contribution in [0.15, 0.2) is 60.8 Å². The second-order valence-corrected chi connectivity index (χ2v) is 8.75. The van der Waals surface area contributed by atoms with Gasteiger partial charge in [0.1, 0.15) is 22.9 Å². The highest BCUT2D eigenvalue weighted by Crippen LogP contribution is 2.29. The Bertz CT molecular complexity index is 1380. The Balaban J connectivity index is 1.81. The number of benzene rings is 2. The van der Waals surface area contributed by atoms with Crippen LogP contribution in [0.5, 0.6) is 0 Å². The van der Waals surface area contributed by atoms with Crippen molar-refractivity contribution in [3.05, 3.63) is 82.9 Å². The molecule has 34 heavy (non-hydrogen) atoms. The van der Waals surface area contributed by atoms with Crippen LogP contribution in [0.3, 0.4) is 0 Å². The van der Waals surface area contributed by atoms with Gasteiger partial charge >= 0.3 is 0 Å². The van der Waals surface area contributed by atoms with Crippen molar-refractivity contribution in [2.45, 2.75) is 13.8 Å². The molecule has 2 heterocycles. The summed E-state index contributed by atoms with van der Waals surface area (Å²) in [6.07, 6.45) is 1.79. The molecule has 4 aromatic rings. The van der Waals surface area contributed by atoms with E-state index in [1.165, 1.54) is 12.1 Å². The van der Waals surface area contributed by atoms with Gasteiger partial charge in [-0.05, 0) is 65.6 Å². The molecule has 0 spiro atoms. The highest BCUT2D eigenvalue weighted by atomic mass is 35.5. The van der Waals surface area contributed by atoms with Gasteiger partial charge in [0, 0.05) is 25.4 Å². The van der Waals surface area contributed by atoms with Gasteiger partial charge in [-0.2, -0.15) is 0 Å². The molecule has 2 aromatic carbocycles. The van der Waals surface area contributed by atoms with E-state index in [1.807, 2.05) is 26.0 Å². The van der Waals surface area contributed by atoms with Crippen LogP contribution in [0, 0.1) is 11.7 Å². The van der Waals surface area contributed by atoms with Gasteiger partial charge < -0.3 is 10.6 Å². The lowest BCUT2D eigenvalue weighted by molar-refractivity contribution is 0.0944. The minimum Gasteiger partial charge on any atom is -0.354 e. The smallest absolute Gasteiger partial charge is 0.270 e. The molecule has 2 N–H and O–H groups in total. The first-order valence-corrected chi connectivity index (χ1v) is 11.2. The van der Waals surface area contributed by atoms with Gasteiger partial charge in [-0.15, -0.1) is 0 Å². The fourth-order valence-corrected chi connectivity index (χ4v) is 3.83. The summed E-state index contributed by atoms with van der Waals surface area (Å²) >= 11 is 6.30. The molecule has 0 aliphatic heterocycles. The van der Waals surface area contributed by atoms with Gasteiger partial charge in [0.05, 0.1) is 10.6 Å². The molecule has 0 aliphatic carbocycles. The van der Waals surface area contributed by atoms with E-state index in [4.69, 9.17) is 11.6 Å². The second-order valence-electron chi connectivity index (χ2n) is 8.34. The Hall–Kier alpha value is -3.71. The van der Waals surface area contributed by atoms with Gasteiger partial charge in [0.2, 0.25) is 0 Å². The summed E-state index contributed by atoms with van der Waals surface area (Å²) in [4.78, 5) is 30.0. The Morgan fingerprint density at radius 1 is 1.00 bits per heavy atom. The third kappa shape index (κ3) is 4.65. The van der Waals surface area contributed by atoms with Crippen molar-refractivity contribution in [3.8, 4) is 22.4 Å². The summed E-state index contributed by atoms with van der Waals surface area (Å²) in [5, 5.41) is 5.90. The standard InChI is InChI=1S/C26H24ClFN4O2/c1-15(2)13-30-25(33)20-12-17(6-10-21(20)27)18-7-11-22-31-23(16-4-8-19(28)9-5-16)24(26(34)29-3)32(22)14-18/h4-12,14-15H,13H2,1-3H3,(H,29,34)(H,30,33). The van der Waals surface area contributed by atoms with Gasteiger partial charge in [-0.3, -0.25) is 14.0 Å². The largest absolute Gasteiger partial charge is 0.354 e. The van der Waals surface area contributed by atoms with Crippen LogP contribution in [0.4, 0.5) is 4.39 Å². The summed E-state index contributed by atoms with van der Waals surface area (Å²) < 4.78 is 15.1. The van der Waals surface area contributed by atoms with Crippen LogP contribution in [-0.2, 0) is 0 Å². The normalized spacial score (nSPS) is 11.1. The van der Waals surface area contributed by atoms with Crippen molar-refractivity contribution in [1.82, 2.24) is 20.0 Å². The van der Waals surface area contributed by atoms with E-state index in [0.717, 1.165) is 11.1 Å². The number of nitrogens with one attached hydrogen (secondary N) is 2. The van der Waals surface area contributed by atoms with E-state index >= 15 is 0 Å². The number of pyridine rings is 1. The molecule has 2 aromatic heterocycles. The molecule has 0 radical (unpaired) electrons. The Morgan fingerprint density at radius 3 is 2.35 bits per heavy atom. The van der Waals surface area contributed by atoms with Crippen molar-refractivity contribution in [3.63, 3.8) is 0 Å². The maximum Gasteiger partial charge on any atom is 0.270 e. The van der Waals surface area contributed by atoms with E-state index in [-0.39, 0.29) is 17.6 Å². The molecule has 8 heteroatoms. The average molecular weight is 479 g/mol. The Morgan fingerprint density at radius 2 is 1.68 bits per heavy atom. The van der Waals surface area contributed by atoms with Crippen molar-refractivity contribution in [1.29, 1.82) is 0 Å². The maximum atomic E-state index is 13.4. The molecule has 0 saturated carbocycles. The molecule has 2 amide bonds. The van der Waals surface area contributed by atoms with E-state index < -0.39 is 0 Å². The van der Waals surface area contributed by atoms with E-state index in [0.29, 0.717) is 45.6 Å². The van der Waals surface area contributed by atoms with Gasteiger partial charge in [0.25, 0.3) is 11.8 Å². The second kappa shape index (κ2) is 9.65. The molecule has 0 saturated heterocycles. The number of rotatable bonds is 6. The summed E-state index contributed by atoms with van der Waals surface area (Å²) in [7, 11) is 1.54. The number of hydrogen-bond acceptors (Lipinski definition) is 3. The zero-order valence-electron chi connectivity index (χ0n) is 19.0. The predicted octanol–water partition coefficient (Wildman–Crippen LogP) is 5.21. The topological polar surface area (TPSA) is 75.5 Å². The number of halogens is 2. The zero-order chi connectivity index (χ0) is 24.4. The van der Waals surface area contributed by atoms with Crippen molar-refractivity contribution in [2.24, 2.45) is 5.92 Å². The van der Waals surface area contributed by atoms with Gasteiger partial charge in [-0.1, -0.05) is 31.5 Å². The number of aromatic nitrogens is 2. The lowest BCUT2D eigenvalue weighted by Crippen LogP contribution is -2.27. The molecule has 0 aliphatic rings. The molecule has 174 valence electrons. The summed E-state index contributed by atoms with van der Waals surface area (Å²) in [5.41, 5.74) is 3.88. The van der Waals surface area contributed by atoms with Crippen LogP contribution >= 0.6 is 11.6 Å². The van der Waals surface area contributed by atoms with E-state index in [1.54, 1.807) is 48.0 Å². The average Bonchev–Trinajstić information content (AvgIpc) is 3.21. The Labute approximate surface area is 201 Å². The van der Waals surface area contributed by atoms with Crippen molar-refractivity contribution >= 4 is 29.1 Å². The first-order chi connectivity index (χ1) is 16.3. The van der Waals surface area contributed by atoms with Crippen molar-refractivity contribution < 1.29 is 14.0 Å². The maximum absolute atomic E-state index is 13.4. The summed E-state index contributed by atoms with van der Waals surface area (Å²) in [6.45, 7) is 4.58. The van der Waals surface area contributed by atoms with Crippen molar-refractivity contribution in [2.75, 3.05) is 13.6 Å². The molecular formula is C26H24ClFN4O2. The van der Waals surface area contributed by atoms with Crippen LogP contribution in [0.2, 0.25) is 5.02 Å². The number of carbonyl (C=O) groups excluding carboxylic acids is 2. The number of fused-ring (bicyclic) bond motifs is 1. The SMILES string of the molecule is CNC(=O)c1c(-c2ccc(F)cc2)nc2ccc(-c3ccc(Cl)c(C(=O)NCC(C)C)c3)cn12. The number of imidazole rings is 1. The number of carbonyl (C=O) groups is 2. The van der Waals surface area contributed by atoms with Gasteiger partial charge in [-0.25, -0.2) is 9.37 Å². The molecule has 0 unspecified atom stereocenters. The summed E-state index contributed by atoms with van der Waals surface area (Å²) in [6, 6.07) is 14.7. The first kappa shape index (κ1) is 23.4. The number of nitrogens with zero attached hydrogens (tertiary/aromatic N) is 2. The highest BCUT2D eigenvalue weighted by molar-refractivity contribution is 6.34. The van der Waals surface area contributed by atoms with Gasteiger partial charge in [0.15, 0.2) is 0 Å². The highest BCUT2D eigenvalue weighted by Gasteiger charge is 2.21. The van der Waals surface area contributed by atoms with E-state index in [2.05, 4.69) is 15.6 Å². The van der Waals surface area contributed by atoms with Crippen LogP contribution in [0.25, 0.3) is 28.0 Å². The molecule has 0 atom stereocenters. The monoisotopic (exact) mass is 478 g/mol. The quantitative estimate of drug-likeness (QED) is 0.399. The summed E-state index contributed by atoms with van der Waals surface area (Å²) in [5.74, 6) is -0.622. The molecule has 6 nitrogen and oxygen atoms in total. The molecule has 0 bridgehead atoms. The Kier molecular flexibility index (Phi) is 6.65. The molecule has 0 fully saturated rings. The predicted molar refractivity (Wildman–Crippen MR) is 132 cm³/mol. The third-order valence-corrected chi connectivity index (χ3v) is 5.72. The lowest BCUT2D eigenvalue weighted by atomic mass is 10.0. The number of hydrogen-bond donors (Lipinski definition) is 2. The molecule has 4 rings (SSSR count). The minimum atomic E-state index is -0.368. The van der Waals surface area contributed by atoms with Crippen LogP contribution in [0.1, 0.15) is 34.7 Å². The number of amides is 2. The zero-order valence-corrected chi connectivity index (χ0v) is 19.8. The minimum absolute atomic E-state index is 0.242. The lowest BCUT2D eigenvalue weighted by Gasteiger charge is -2.11. The first-order valence-electron chi connectivity index (χ1n) is 10.9. The fraction of sp³-hybridized carbons (Fsp3) is 0.192.